The van der Waals surface area contributed by atoms with E-state index in [1.165, 1.54) is 19.3 Å². The molecule has 0 radical (unpaired) electrons. The van der Waals surface area contributed by atoms with Crippen molar-refractivity contribution in [3.63, 3.8) is 0 Å². The van der Waals surface area contributed by atoms with Crippen LogP contribution in [0.1, 0.15) is 29.6 Å². The van der Waals surface area contributed by atoms with Gasteiger partial charge < -0.3 is 16.0 Å². The highest BCUT2D eigenvalue weighted by molar-refractivity contribution is 9.10. The van der Waals surface area contributed by atoms with Crippen molar-refractivity contribution >= 4 is 27.5 Å². The Labute approximate surface area is 128 Å². The number of nitrogens with one attached hydrogen (secondary N) is 1. The smallest absolute Gasteiger partial charge is 0.249 e. The Bertz CT molecular complexity index is 470. The number of halogens is 1. The number of hydrogen-bond donors (Lipinski definition) is 2. The number of anilines is 1. The molecule has 20 heavy (non-hydrogen) atoms. The third-order valence-corrected chi connectivity index (χ3v) is 4.66. The van der Waals surface area contributed by atoms with Crippen LogP contribution < -0.4 is 16.0 Å². The highest BCUT2D eigenvalue weighted by Gasteiger charge is 2.19. The standard InChI is InChI=1S/C15H22BrN3O/c1-18-7-4-11-5-8-19(9-6-11)12-2-3-13(15(17)20)14(16)10-12/h2-3,10-11,18H,4-9H2,1H3,(H2,17,20). The highest BCUT2D eigenvalue weighted by atomic mass is 79.9. The molecule has 1 aliphatic heterocycles. The average molecular weight is 340 g/mol. The lowest BCUT2D eigenvalue weighted by Gasteiger charge is -2.34. The van der Waals surface area contributed by atoms with Crippen LogP contribution >= 0.6 is 15.9 Å². The first-order valence-corrected chi connectivity index (χ1v) is 7.90. The van der Waals surface area contributed by atoms with Crippen molar-refractivity contribution < 1.29 is 4.79 Å². The van der Waals surface area contributed by atoms with E-state index in [0.717, 1.165) is 35.7 Å². The summed E-state index contributed by atoms with van der Waals surface area (Å²) in [5, 5.41) is 3.22. The molecule has 0 aromatic heterocycles. The molecule has 2 rings (SSSR count). The van der Waals surface area contributed by atoms with Crippen molar-refractivity contribution in [2.24, 2.45) is 11.7 Å². The number of amides is 1. The minimum atomic E-state index is -0.394. The van der Waals surface area contributed by atoms with E-state index in [4.69, 9.17) is 5.73 Å². The third kappa shape index (κ3) is 3.73. The Kier molecular flexibility index (Phi) is 5.43. The summed E-state index contributed by atoms with van der Waals surface area (Å²) in [5.41, 5.74) is 7.02. The van der Waals surface area contributed by atoms with Crippen LogP contribution in [0.25, 0.3) is 0 Å². The summed E-state index contributed by atoms with van der Waals surface area (Å²) in [7, 11) is 2.01. The summed E-state index contributed by atoms with van der Waals surface area (Å²) in [4.78, 5) is 13.6. The van der Waals surface area contributed by atoms with Gasteiger partial charge in [0.1, 0.15) is 0 Å². The molecular weight excluding hydrogens is 318 g/mol. The maximum Gasteiger partial charge on any atom is 0.249 e. The fourth-order valence-electron chi connectivity index (χ4n) is 2.73. The molecule has 1 saturated heterocycles. The van der Waals surface area contributed by atoms with Gasteiger partial charge in [-0.1, -0.05) is 0 Å². The number of carbonyl (C=O) groups is 1. The van der Waals surface area contributed by atoms with E-state index in [1.54, 1.807) is 6.07 Å². The van der Waals surface area contributed by atoms with Gasteiger partial charge in [-0.15, -0.1) is 0 Å². The summed E-state index contributed by atoms with van der Waals surface area (Å²) in [6.45, 7) is 3.26. The number of carbonyl (C=O) groups excluding carboxylic acids is 1. The predicted molar refractivity (Wildman–Crippen MR) is 86.1 cm³/mol. The van der Waals surface area contributed by atoms with E-state index in [-0.39, 0.29) is 0 Å². The first kappa shape index (κ1) is 15.3. The first-order valence-electron chi connectivity index (χ1n) is 7.10. The topological polar surface area (TPSA) is 58.4 Å². The van der Waals surface area contributed by atoms with Gasteiger partial charge in [-0.3, -0.25) is 4.79 Å². The molecule has 110 valence electrons. The first-order chi connectivity index (χ1) is 9.61. The van der Waals surface area contributed by atoms with Gasteiger partial charge in [0, 0.05) is 23.2 Å². The van der Waals surface area contributed by atoms with Crippen LogP contribution in [0.4, 0.5) is 5.69 Å². The van der Waals surface area contributed by atoms with Crippen molar-refractivity contribution in [1.82, 2.24) is 5.32 Å². The van der Waals surface area contributed by atoms with Gasteiger partial charge >= 0.3 is 0 Å². The number of primary amides is 1. The molecule has 0 saturated carbocycles. The maximum absolute atomic E-state index is 11.2. The van der Waals surface area contributed by atoms with Gasteiger partial charge in [0.2, 0.25) is 5.91 Å². The Morgan fingerprint density at radius 1 is 1.45 bits per heavy atom. The number of nitrogens with zero attached hydrogens (tertiary/aromatic N) is 1. The fraction of sp³-hybridized carbons (Fsp3) is 0.533. The summed E-state index contributed by atoms with van der Waals surface area (Å²) in [5.74, 6) is 0.432. The molecule has 1 heterocycles. The van der Waals surface area contributed by atoms with E-state index in [2.05, 4.69) is 26.1 Å². The van der Waals surface area contributed by atoms with Crippen LogP contribution in [0.15, 0.2) is 22.7 Å². The molecule has 1 amide bonds. The minimum absolute atomic E-state index is 0.394. The SMILES string of the molecule is CNCCC1CCN(c2ccc(C(N)=O)c(Br)c2)CC1. The van der Waals surface area contributed by atoms with Crippen molar-refractivity contribution in [1.29, 1.82) is 0 Å². The van der Waals surface area contributed by atoms with Crippen LogP contribution in [0.5, 0.6) is 0 Å². The lowest BCUT2D eigenvalue weighted by atomic mass is 9.93. The number of benzene rings is 1. The molecule has 0 atom stereocenters. The summed E-state index contributed by atoms with van der Waals surface area (Å²) >= 11 is 3.42. The monoisotopic (exact) mass is 339 g/mol. The number of nitrogens with two attached hydrogens (primary N) is 1. The molecule has 0 spiro atoms. The molecule has 4 nitrogen and oxygen atoms in total. The summed E-state index contributed by atoms with van der Waals surface area (Å²) in [6.07, 6.45) is 3.72. The van der Waals surface area contributed by atoms with Crippen LogP contribution in [-0.2, 0) is 0 Å². The average Bonchev–Trinajstić information content (AvgIpc) is 2.45. The van der Waals surface area contributed by atoms with E-state index in [9.17, 15) is 4.79 Å². The van der Waals surface area contributed by atoms with E-state index >= 15 is 0 Å². The predicted octanol–water partition coefficient (Wildman–Crippen LogP) is 2.37. The van der Waals surface area contributed by atoms with Crippen LogP contribution in [0.3, 0.4) is 0 Å². The Morgan fingerprint density at radius 3 is 2.70 bits per heavy atom. The second kappa shape index (κ2) is 7.09. The molecule has 0 bridgehead atoms. The molecule has 1 fully saturated rings. The zero-order chi connectivity index (χ0) is 14.5. The molecular formula is C15H22BrN3O. The number of hydrogen-bond acceptors (Lipinski definition) is 3. The van der Waals surface area contributed by atoms with E-state index in [1.807, 2.05) is 19.2 Å². The molecule has 1 aromatic rings. The van der Waals surface area contributed by atoms with Gasteiger partial charge in [0.05, 0.1) is 5.56 Å². The molecule has 1 aliphatic rings. The second-order valence-corrected chi connectivity index (χ2v) is 6.21. The van der Waals surface area contributed by atoms with E-state index in [0.29, 0.717) is 5.56 Å². The van der Waals surface area contributed by atoms with Crippen LogP contribution in [0.2, 0.25) is 0 Å². The lowest BCUT2D eigenvalue weighted by Crippen LogP contribution is -2.34. The van der Waals surface area contributed by atoms with Gasteiger partial charge in [0.15, 0.2) is 0 Å². The molecule has 5 heteroatoms. The zero-order valence-electron chi connectivity index (χ0n) is 11.9. The quantitative estimate of drug-likeness (QED) is 0.865. The Morgan fingerprint density at radius 2 is 2.15 bits per heavy atom. The Hall–Kier alpha value is -1.07. The molecule has 0 unspecified atom stereocenters. The van der Waals surface area contributed by atoms with Crippen LogP contribution in [0, 0.1) is 5.92 Å². The maximum atomic E-state index is 11.2. The van der Waals surface area contributed by atoms with Gasteiger partial charge in [-0.2, -0.15) is 0 Å². The van der Waals surface area contributed by atoms with Crippen molar-refractivity contribution in [3.05, 3.63) is 28.2 Å². The van der Waals surface area contributed by atoms with Crippen molar-refractivity contribution in [2.75, 3.05) is 31.6 Å². The lowest BCUT2D eigenvalue weighted by molar-refractivity contribution is 0.0999. The highest BCUT2D eigenvalue weighted by Crippen LogP contribution is 2.28. The summed E-state index contributed by atoms with van der Waals surface area (Å²) < 4.78 is 0.778. The van der Waals surface area contributed by atoms with Gasteiger partial charge in [0.25, 0.3) is 0 Å². The number of piperidine rings is 1. The fourth-order valence-corrected chi connectivity index (χ4v) is 3.29. The van der Waals surface area contributed by atoms with Crippen molar-refractivity contribution in [3.8, 4) is 0 Å². The zero-order valence-corrected chi connectivity index (χ0v) is 13.4. The van der Waals surface area contributed by atoms with Gasteiger partial charge in [-0.05, 0) is 72.9 Å². The van der Waals surface area contributed by atoms with Gasteiger partial charge in [-0.25, -0.2) is 0 Å². The molecule has 0 aliphatic carbocycles. The molecule has 1 aromatic carbocycles. The largest absolute Gasteiger partial charge is 0.371 e. The van der Waals surface area contributed by atoms with Crippen molar-refractivity contribution in [2.45, 2.75) is 19.3 Å². The van der Waals surface area contributed by atoms with E-state index < -0.39 is 5.91 Å². The minimum Gasteiger partial charge on any atom is -0.371 e. The Balaban J connectivity index is 1.97. The normalized spacial score (nSPS) is 16.4. The number of rotatable bonds is 5. The summed E-state index contributed by atoms with van der Waals surface area (Å²) in [6, 6.07) is 5.78. The third-order valence-electron chi connectivity index (χ3n) is 4.00. The van der Waals surface area contributed by atoms with Crippen LogP contribution in [-0.4, -0.2) is 32.6 Å². The second-order valence-electron chi connectivity index (χ2n) is 5.35. The molecule has 3 N–H and O–H groups in total.